The van der Waals surface area contributed by atoms with E-state index in [-0.39, 0.29) is 42.5 Å². The van der Waals surface area contributed by atoms with Crippen molar-refractivity contribution in [2.45, 2.75) is 85.1 Å². The molecule has 0 aliphatic heterocycles. The van der Waals surface area contributed by atoms with Crippen molar-refractivity contribution in [2.75, 3.05) is 13.4 Å². The molecule has 0 aliphatic carbocycles. The Kier molecular flexibility index (Phi) is 63.2. The summed E-state index contributed by atoms with van der Waals surface area (Å²) in [6.45, 7) is 16.3. The Morgan fingerprint density at radius 2 is 0.781 bits per heavy atom. The third-order valence-electron chi connectivity index (χ3n) is 2.88. The highest BCUT2D eigenvalue weighted by molar-refractivity contribution is 5.65. The Morgan fingerprint density at radius 1 is 0.562 bits per heavy atom. The molecule has 0 N–H and O–H groups in total. The Bertz CT molecular complexity index is 446. The molecule has 3 nitrogen and oxygen atoms in total. The molecule has 0 heterocycles. The molecule has 0 unspecified atom stereocenters. The molecule has 0 saturated carbocycles. The summed E-state index contributed by atoms with van der Waals surface area (Å²) in [5, 5.41) is 0. The van der Waals surface area contributed by atoms with Crippen LogP contribution in [0.1, 0.15) is 85.1 Å². The van der Waals surface area contributed by atoms with E-state index in [9.17, 15) is 4.79 Å². The molecule has 0 fully saturated rings. The third kappa shape index (κ3) is 56.4. The smallest absolute Gasteiger partial charge is 0.304 e. The van der Waals surface area contributed by atoms with Crippen molar-refractivity contribution in [1.29, 1.82) is 0 Å². The molecule has 2 rings (SSSR count). The molecule has 0 aliphatic rings. The number of carbonyl (C=O) groups excluding carboxylic acids is 1. The van der Waals surface area contributed by atoms with Crippen LogP contribution in [-0.2, 0) is 14.3 Å². The first kappa shape index (κ1) is 47.4. The lowest BCUT2D eigenvalue weighted by Crippen LogP contribution is -2.03. The largest absolute Gasteiger partial charge is 0.439 e. The second kappa shape index (κ2) is 42.7. The zero-order valence-corrected chi connectivity index (χ0v) is 19.1. The van der Waals surface area contributed by atoms with E-state index >= 15 is 0 Å². The van der Waals surface area contributed by atoms with Gasteiger partial charge in [-0.1, -0.05) is 127 Å². The molecule has 0 spiro atoms. The third-order valence-corrected chi connectivity index (χ3v) is 2.88. The van der Waals surface area contributed by atoms with Crippen molar-refractivity contribution in [3.63, 3.8) is 0 Å². The molecule has 190 valence electrons. The normalized spacial score (nSPS) is 6.88. The predicted molar refractivity (Wildman–Crippen MR) is 149 cm³/mol. The zero-order chi connectivity index (χ0) is 22.0. The van der Waals surface area contributed by atoms with E-state index in [0.29, 0.717) is 6.61 Å². The summed E-state index contributed by atoms with van der Waals surface area (Å²) in [5.74, 6) is -0.307. The van der Waals surface area contributed by atoms with Crippen molar-refractivity contribution in [1.82, 2.24) is 0 Å². The molecule has 0 bridgehead atoms. The van der Waals surface area contributed by atoms with Crippen molar-refractivity contribution in [3.05, 3.63) is 83.9 Å². The van der Waals surface area contributed by atoms with Crippen molar-refractivity contribution in [3.8, 4) is 0 Å². The van der Waals surface area contributed by atoms with Crippen LogP contribution in [0, 0.1) is 0 Å². The Hall–Kier alpha value is -2.39. The molecule has 0 radical (unpaired) electrons. The van der Waals surface area contributed by atoms with Gasteiger partial charge in [-0.05, 0) is 34.6 Å². The number of ether oxygens (including phenoxy) is 2. The van der Waals surface area contributed by atoms with E-state index in [4.69, 9.17) is 4.74 Å². The van der Waals surface area contributed by atoms with Gasteiger partial charge in [-0.3, -0.25) is 4.79 Å². The summed E-state index contributed by atoms with van der Waals surface area (Å²) in [6.07, 6.45) is 0. The van der Waals surface area contributed by atoms with Gasteiger partial charge in [-0.2, -0.15) is 0 Å². The number of hydrogen-bond acceptors (Lipinski definition) is 3. The standard InChI is InChI=1S/2C6H6.C6H12.C5H10O3.C2H6.4CH4/c2*1-2-4-6-5-3-1;1-5(2)6(3)4;1-3-7-4-8-5(2)6;1-2;;;;/h2*1-6H;1-4H3;3-4H2,1-2H3;1-2H3;4*1H4. The highest BCUT2D eigenvalue weighted by atomic mass is 16.7. The maximum Gasteiger partial charge on any atom is 0.304 e. The lowest BCUT2D eigenvalue weighted by Gasteiger charge is -1.98. The first-order valence-electron chi connectivity index (χ1n) is 9.73. The lowest BCUT2D eigenvalue weighted by atomic mass is 10.2. The lowest BCUT2D eigenvalue weighted by molar-refractivity contribution is -0.153. The van der Waals surface area contributed by atoms with Crippen LogP contribution >= 0.6 is 0 Å². The van der Waals surface area contributed by atoms with Gasteiger partial charge in [0.2, 0.25) is 0 Å². The first-order chi connectivity index (χ1) is 13.4. The van der Waals surface area contributed by atoms with Gasteiger partial charge in [0.05, 0.1) is 0 Å². The zero-order valence-electron chi connectivity index (χ0n) is 19.1. The van der Waals surface area contributed by atoms with E-state index in [0.717, 1.165) is 0 Å². The second-order valence-corrected chi connectivity index (χ2v) is 5.56. The maximum absolute atomic E-state index is 10.0. The summed E-state index contributed by atoms with van der Waals surface area (Å²) < 4.78 is 9.12. The molecule has 0 amide bonds. The fourth-order valence-electron chi connectivity index (χ4n) is 0.978. The highest BCUT2D eigenvalue weighted by Crippen LogP contribution is 1.97. The summed E-state index contributed by atoms with van der Waals surface area (Å²) >= 11 is 0. The van der Waals surface area contributed by atoms with E-state index in [1.165, 1.54) is 18.1 Å². The minimum Gasteiger partial charge on any atom is -0.439 e. The number of esters is 1. The minimum absolute atomic E-state index is 0. The van der Waals surface area contributed by atoms with E-state index in [1.807, 2.05) is 93.6 Å². The van der Waals surface area contributed by atoms with Gasteiger partial charge in [0, 0.05) is 13.5 Å². The van der Waals surface area contributed by atoms with Crippen molar-refractivity contribution in [2.24, 2.45) is 0 Å². The van der Waals surface area contributed by atoms with Gasteiger partial charge in [0.1, 0.15) is 0 Å². The maximum atomic E-state index is 10.0. The highest BCUT2D eigenvalue weighted by Gasteiger charge is 1.87. The molecule has 2 aromatic rings. The fourth-order valence-corrected chi connectivity index (χ4v) is 0.978. The Balaban J connectivity index is -0.0000000489. The molecule has 0 aromatic heterocycles. The number of rotatable bonds is 3. The van der Waals surface area contributed by atoms with Crippen LogP contribution in [0.2, 0.25) is 0 Å². The Labute approximate surface area is 202 Å². The van der Waals surface area contributed by atoms with E-state index in [2.05, 4.69) is 32.4 Å². The van der Waals surface area contributed by atoms with Crippen LogP contribution in [0.15, 0.2) is 83.9 Å². The van der Waals surface area contributed by atoms with Gasteiger partial charge in [0.15, 0.2) is 6.79 Å². The molecule has 32 heavy (non-hydrogen) atoms. The quantitative estimate of drug-likeness (QED) is 0.201. The van der Waals surface area contributed by atoms with Crippen LogP contribution in [-0.4, -0.2) is 19.4 Å². The Morgan fingerprint density at radius 3 is 0.906 bits per heavy atom. The van der Waals surface area contributed by atoms with Crippen LogP contribution in [0.3, 0.4) is 0 Å². The van der Waals surface area contributed by atoms with Crippen molar-refractivity contribution >= 4 is 5.97 Å². The predicted octanol–water partition coefficient (Wildman–Crippen LogP) is 9.85. The van der Waals surface area contributed by atoms with E-state index < -0.39 is 0 Å². The van der Waals surface area contributed by atoms with Crippen molar-refractivity contribution < 1.29 is 14.3 Å². The van der Waals surface area contributed by atoms with Crippen LogP contribution in [0.4, 0.5) is 0 Å². The summed E-state index contributed by atoms with van der Waals surface area (Å²) in [7, 11) is 0. The average Bonchev–Trinajstić information content (AvgIpc) is 2.73. The minimum atomic E-state index is -0.307. The fraction of sp³-hybridized carbons (Fsp3) is 0.483. The molecule has 3 heteroatoms. The first-order valence-corrected chi connectivity index (χ1v) is 9.73. The SMILES string of the molecule is C.C.C.C.CC.CC(C)=C(C)C.CCOCOC(C)=O.c1ccccc1.c1ccccc1. The van der Waals surface area contributed by atoms with Gasteiger partial charge < -0.3 is 9.47 Å². The topological polar surface area (TPSA) is 35.5 Å². The van der Waals surface area contributed by atoms with E-state index in [1.54, 1.807) is 0 Å². The number of carbonyl (C=O) groups is 1. The summed E-state index contributed by atoms with van der Waals surface area (Å²) in [5.41, 5.74) is 2.85. The van der Waals surface area contributed by atoms with Crippen LogP contribution < -0.4 is 0 Å². The molecule has 0 saturated heterocycles. The van der Waals surface area contributed by atoms with Gasteiger partial charge >= 0.3 is 5.97 Å². The molecular weight excluding hydrogens is 396 g/mol. The van der Waals surface area contributed by atoms with Gasteiger partial charge in [0.25, 0.3) is 0 Å². The van der Waals surface area contributed by atoms with Gasteiger partial charge in [-0.15, -0.1) is 0 Å². The number of hydrogen-bond donors (Lipinski definition) is 0. The summed E-state index contributed by atoms with van der Waals surface area (Å²) in [4.78, 5) is 10.0. The number of benzene rings is 2. The second-order valence-electron chi connectivity index (χ2n) is 5.56. The van der Waals surface area contributed by atoms with Crippen LogP contribution in [0.25, 0.3) is 0 Å². The van der Waals surface area contributed by atoms with Crippen LogP contribution in [0.5, 0.6) is 0 Å². The summed E-state index contributed by atoms with van der Waals surface area (Å²) in [6, 6.07) is 24.0. The van der Waals surface area contributed by atoms with Gasteiger partial charge in [-0.25, -0.2) is 0 Å². The molecule has 0 atom stereocenters. The molecular formula is C29H56O3. The monoisotopic (exact) mass is 452 g/mol. The molecule has 2 aromatic carbocycles. The average molecular weight is 453 g/mol. The number of allylic oxidation sites excluding steroid dienone is 2.